The van der Waals surface area contributed by atoms with Crippen LogP contribution in [0.2, 0.25) is 0 Å². The number of benzene rings is 1. The fourth-order valence-corrected chi connectivity index (χ4v) is 1.31. The lowest BCUT2D eigenvalue weighted by molar-refractivity contribution is 0.495. The molecule has 1 rings (SSSR count). The molecular weight excluding hydrogens is 230 g/mol. The van der Waals surface area contributed by atoms with Gasteiger partial charge < -0.3 is 5.43 Å². The van der Waals surface area contributed by atoms with Crippen molar-refractivity contribution in [3.63, 3.8) is 0 Å². The Morgan fingerprint density at radius 3 is 2.69 bits per heavy atom. The van der Waals surface area contributed by atoms with E-state index in [1.54, 1.807) is 11.1 Å². The maximum absolute atomic E-state index is 8.80. The van der Waals surface area contributed by atoms with Gasteiger partial charge in [-0.15, -0.1) is 0 Å². The van der Waals surface area contributed by atoms with Crippen LogP contribution in [0, 0.1) is 11.3 Å². The number of hydrazine groups is 1. The fraction of sp³-hybridized carbons (Fsp3) is 0.222. The first-order valence-electron chi connectivity index (χ1n) is 3.77. The first-order chi connectivity index (χ1) is 6.13. The maximum atomic E-state index is 8.80. The third-order valence-electron chi connectivity index (χ3n) is 1.45. The highest BCUT2D eigenvalue weighted by molar-refractivity contribution is 9.10. The van der Waals surface area contributed by atoms with E-state index in [0.29, 0.717) is 5.56 Å². The minimum Gasteiger partial charge on any atom is -0.318 e. The number of anilines is 1. The molecule has 0 fully saturated rings. The Kier molecular flexibility index (Phi) is 3.29. The second-order valence-electron chi connectivity index (χ2n) is 2.81. The quantitative estimate of drug-likeness (QED) is 0.805. The van der Waals surface area contributed by atoms with Crippen molar-refractivity contribution in [3.05, 3.63) is 28.2 Å². The van der Waals surface area contributed by atoms with Crippen LogP contribution in [0.15, 0.2) is 22.7 Å². The smallest absolute Gasteiger partial charge is 0.101 e. The van der Waals surface area contributed by atoms with E-state index in [1.807, 2.05) is 26.2 Å². The predicted molar refractivity (Wildman–Crippen MR) is 56.2 cm³/mol. The molecule has 0 aliphatic carbocycles. The molecule has 0 aliphatic rings. The van der Waals surface area contributed by atoms with Crippen molar-refractivity contribution in [3.8, 4) is 6.07 Å². The summed E-state index contributed by atoms with van der Waals surface area (Å²) >= 11 is 3.35. The SMILES string of the molecule is CN(C)Nc1cc(Br)ccc1C#N. The number of nitriles is 1. The van der Waals surface area contributed by atoms with Crippen molar-refractivity contribution >= 4 is 21.6 Å². The van der Waals surface area contributed by atoms with Gasteiger partial charge in [0, 0.05) is 18.6 Å². The number of nitrogens with zero attached hydrogens (tertiary/aromatic N) is 2. The standard InChI is InChI=1S/C9H10BrN3/c1-13(2)12-9-5-8(10)4-3-7(9)6-11/h3-5,12H,1-2H3. The number of hydrogen-bond acceptors (Lipinski definition) is 3. The van der Waals surface area contributed by atoms with Crippen molar-refractivity contribution in [1.29, 1.82) is 5.26 Å². The molecule has 0 aromatic heterocycles. The van der Waals surface area contributed by atoms with Crippen molar-refractivity contribution < 1.29 is 0 Å². The molecule has 0 spiro atoms. The lowest BCUT2D eigenvalue weighted by Crippen LogP contribution is -2.20. The van der Waals surface area contributed by atoms with E-state index in [0.717, 1.165) is 10.2 Å². The number of nitrogens with one attached hydrogen (secondary N) is 1. The van der Waals surface area contributed by atoms with E-state index in [2.05, 4.69) is 27.4 Å². The zero-order valence-electron chi connectivity index (χ0n) is 7.50. The van der Waals surface area contributed by atoms with Crippen molar-refractivity contribution in [2.75, 3.05) is 19.5 Å². The Bertz CT molecular complexity index is 341. The van der Waals surface area contributed by atoms with Crippen LogP contribution in [0.3, 0.4) is 0 Å². The third-order valence-corrected chi connectivity index (χ3v) is 1.94. The summed E-state index contributed by atoms with van der Waals surface area (Å²) < 4.78 is 0.954. The van der Waals surface area contributed by atoms with Gasteiger partial charge in [-0.05, 0) is 18.2 Å². The first kappa shape index (κ1) is 10.0. The average Bonchev–Trinajstić information content (AvgIpc) is 2.03. The van der Waals surface area contributed by atoms with E-state index in [1.165, 1.54) is 0 Å². The van der Waals surface area contributed by atoms with Gasteiger partial charge in [-0.25, -0.2) is 5.01 Å². The molecule has 4 heteroatoms. The minimum atomic E-state index is 0.636. The van der Waals surface area contributed by atoms with Crippen LogP contribution in [0.5, 0.6) is 0 Å². The predicted octanol–water partition coefficient (Wildman–Crippen LogP) is 2.21. The van der Waals surface area contributed by atoms with Gasteiger partial charge in [0.15, 0.2) is 0 Å². The molecule has 0 atom stereocenters. The minimum absolute atomic E-state index is 0.636. The summed E-state index contributed by atoms with van der Waals surface area (Å²) in [5.74, 6) is 0. The molecule has 0 unspecified atom stereocenters. The maximum Gasteiger partial charge on any atom is 0.101 e. The van der Waals surface area contributed by atoms with Crippen LogP contribution in [0.4, 0.5) is 5.69 Å². The zero-order chi connectivity index (χ0) is 9.84. The molecule has 0 saturated carbocycles. The molecule has 1 N–H and O–H groups in total. The molecule has 1 aromatic rings. The zero-order valence-corrected chi connectivity index (χ0v) is 9.09. The molecule has 0 bridgehead atoms. The Morgan fingerprint density at radius 1 is 1.46 bits per heavy atom. The van der Waals surface area contributed by atoms with E-state index < -0.39 is 0 Å². The van der Waals surface area contributed by atoms with E-state index in [-0.39, 0.29) is 0 Å². The number of halogens is 1. The summed E-state index contributed by atoms with van der Waals surface area (Å²) in [7, 11) is 3.75. The van der Waals surface area contributed by atoms with Crippen LogP contribution < -0.4 is 5.43 Å². The summed E-state index contributed by atoms with van der Waals surface area (Å²) in [5.41, 5.74) is 4.49. The van der Waals surface area contributed by atoms with Crippen LogP contribution in [0.25, 0.3) is 0 Å². The van der Waals surface area contributed by atoms with E-state index in [9.17, 15) is 0 Å². The summed E-state index contributed by atoms with van der Waals surface area (Å²) in [6.45, 7) is 0. The lowest BCUT2D eigenvalue weighted by Gasteiger charge is -2.14. The largest absolute Gasteiger partial charge is 0.318 e. The molecule has 0 saturated heterocycles. The second-order valence-corrected chi connectivity index (χ2v) is 3.72. The summed E-state index contributed by atoms with van der Waals surface area (Å²) in [4.78, 5) is 0. The van der Waals surface area contributed by atoms with Gasteiger partial charge in [-0.2, -0.15) is 5.26 Å². The molecule has 0 radical (unpaired) electrons. The monoisotopic (exact) mass is 239 g/mol. The molecule has 0 heterocycles. The Morgan fingerprint density at radius 2 is 2.15 bits per heavy atom. The van der Waals surface area contributed by atoms with Crippen LogP contribution in [-0.4, -0.2) is 19.1 Å². The van der Waals surface area contributed by atoms with Gasteiger partial charge in [0.25, 0.3) is 0 Å². The Balaban J connectivity index is 3.03. The Labute approximate surface area is 86.1 Å². The van der Waals surface area contributed by atoms with Crippen molar-refractivity contribution in [2.45, 2.75) is 0 Å². The third kappa shape index (κ3) is 2.72. The number of hydrogen-bond donors (Lipinski definition) is 1. The van der Waals surface area contributed by atoms with Crippen molar-refractivity contribution in [1.82, 2.24) is 5.01 Å². The molecule has 0 aliphatic heterocycles. The van der Waals surface area contributed by atoms with Crippen LogP contribution in [0.1, 0.15) is 5.56 Å². The van der Waals surface area contributed by atoms with Gasteiger partial charge >= 0.3 is 0 Å². The van der Waals surface area contributed by atoms with Gasteiger partial charge in [0.05, 0.1) is 11.3 Å². The highest BCUT2D eigenvalue weighted by atomic mass is 79.9. The highest BCUT2D eigenvalue weighted by Gasteiger charge is 2.02. The summed E-state index contributed by atoms with van der Waals surface area (Å²) in [6.07, 6.45) is 0. The number of rotatable bonds is 2. The van der Waals surface area contributed by atoms with E-state index >= 15 is 0 Å². The molecule has 68 valence electrons. The first-order valence-corrected chi connectivity index (χ1v) is 4.56. The van der Waals surface area contributed by atoms with Crippen molar-refractivity contribution in [2.24, 2.45) is 0 Å². The molecule has 13 heavy (non-hydrogen) atoms. The van der Waals surface area contributed by atoms with E-state index in [4.69, 9.17) is 5.26 Å². The lowest BCUT2D eigenvalue weighted by atomic mass is 10.2. The second kappa shape index (κ2) is 4.26. The summed E-state index contributed by atoms with van der Waals surface area (Å²) in [6, 6.07) is 7.61. The van der Waals surface area contributed by atoms with Gasteiger partial charge in [0.1, 0.15) is 6.07 Å². The van der Waals surface area contributed by atoms with Gasteiger partial charge in [-0.1, -0.05) is 15.9 Å². The topological polar surface area (TPSA) is 39.1 Å². The van der Waals surface area contributed by atoms with Crippen LogP contribution >= 0.6 is 15.9 Å². The molecule has 3 nitrogen and oxygen atoms in total. The average molecular weight is 240 g/mol. The van der Waals surface area contributed by atoms with Gasteiger partial charge in [0.2, 0.25) is 0 Å². The molecule has 1 aromatic carbocycles. The fourth-order valence-electron chi connectivity index (χ4n) is 0.947. The highest BCUT2D eigenvalue weighted by Crippen LogP contribution is 2.20. The normalized spacial score (nSPS) is 9.77. The summed E-state index contributed by atoms with van der Waals surface area (Å²) in [5, 5.41) is 10.6. The van der Waals surface area contributed by atoms with Crippen LogP contribution in [-0.2, 0) is 0 Å². The Hall–Kier alpha value is -1.05. The molecular formula is C9H10BrN3. The molecule has 0 amide bonds. The van der Waals surface area contributed by atoms with Gasteiger partial charge in [-0.3, -0.25) is 0 Å².